The highest BCUT2D eigenvalue weighted by Crippen LogP contribution is 2.44. The normalized spacial score (nSPS) is 22.8. The largest absolute Gasteiger partial charge is 0.306 e. The summed E-state index contributed by atoms with van der Waals surface area (Å²) in [6.45, 7) is 3.00. The molecular weight excluding hydrogens is 214 g/mol. The quantitative estimate of drug-likeness (QED) is 0.677. The van der Waals surface area contributed by atoms with E-state index < -0.39 is 0 Å². The van der Waals surface area contributed by atoms with E-state index in [0.29, 0.717) is 0 Å². The van der Waals surface area contributed by atoms with Gasteiger partial charge in [0.15, 0.2) is 0 Å². The third-order valence-corrected chi connectivity index (χ3v) is 4.17. The molecule has 1 aromatic heterocycles. The van der Waals surface area contributed by atoms with Crippen LogP contribution in [0.1, 0.15) is 18.4 Å². The van der Waals surface area contributed by atoms with Gasteiger partial charge in [-0.05, 0) is 39.0 Å². The molecule has 3 rings (SSSR count). The van der Waals surface area contributed by atoms with Crippen LogP contribution in [-0.4, -0.2) is 43.0 Å². The molecule has 1 aromatic rings. The van der Waals surface area contributed by atoms with Gasteiger partial charge in [-0.1, -0.05) is 6.07 Å². The summed E-state index contributed by atoms with van der Waals surface area (Å²) in [5, 5.41) is 0. The number of carbonyl (C=O) groups is 1. The van der Waals surface area contributed by atoms with Crippen molar-refractivity contribution in [2.45, 2.75) is 18.3 Å². The average Bonchev–Trinajstić information content (AvgIpc) is 2.68. The Morgan fingerprint density at radius 3 is 2.88 bits per heavy atom. The standard InChI is InChI=1S/C13H17N3O/c1-15-7-4-13(5-8-15)9-16(10-17)12-11(13)3-2-6-14-12/h2-3,6,10H,4-5,7-9H2,1H3. The van der Waals surface area contributed by atoms with Gasteiger partial charge in [0.25, 0.3) is 0 Å². The maximum atomic E-state index is 11.1. The Hall–Kier alpha value is -1.42. The molecule has 0 atom stereocenters. The van der Waals surface area contributed by atoms with Gasteiger partial charge < -0.3 is 4.90 Å². The zero-order valence-electron chi connectivity index (χ0n) is 10.1. The molecule has 1 fully saturated rings. The Labute approximate surface area is 101 Å². The van der Waals surface area contributed by atoms with Crippen molar-refractivity contribution < 1.29 is 4.79 Å². The second-order valence-electron chi connectivity index (χ2n) is 5.19. The third kappa shape index (κ3) is 1.55. The maximum absolute atomic E-state index is 11.1. The van der Waals surface area contributed by atoms with E-state index in [9.17, 15) is 4.79 Å². The summed E-state index contributed by atoms with van der Waals surface area (Å²) >= 11 is 0. The Balaban J connectivity index is 2.01. The van der Waals surface area contributed by atoms with Crippen molar-refractivity contribution in [1.82, 2.24) is 9.88 Å². The molecule has 17 heavy (non-hydrogen) atoms. The van der Waals surface area contributed by atoms with E-state index in [1.165, 1.54) is 5.56 Å². The third-order valence-electron chi connectivity index (χ3n) is 4.17. The van der Waals surface area contributed by atoms with Gasteiger partial charge in [-0.25, -0.2) is 4.98 Å². The molecular formula is C13H17N3O. The lowest BCUT2D eigenvalue weighted by molar-refractivity contribution is -0.107. The Kier molecular flexibility index (Phi) is 2.40. The molecule has 4 heteroatoms. The number of fused-ring (bicyclic) bond motifs is 2. The second kappa shape index (κ2) is 3.81. The van der Waals surface area contributed by atoms with E-state index in [1.807, 2.05) is 6.07 Å². The van der Waals surface area contributed by atoms with Crippen LogP contribution < -0.4 is 4.90 Å². The minimum absolute atomic E-state index is 0.150. The Morgan fingerprint density at radius 1 is 1.41 bits per heavy atom. The molecule has 2 aliphatic heterocycles. The minimum atomic E-state index is 0.150. The Morgan fingerprint density at radius 2 is 2.18 bits per heavy atom. The lowest BCUT2D eigenvalue weighted by Gasteiger charge is -2.37. The highest BCUT2D eigenvalue weighted by atomic mass is 16.1. The summed E-state index contributed by atoms with van der Waals surface area (Å²) in [5.41, 5.74) is 1.41. The van der Waals surface area contributed by atoms with Gasteiger partial charge in [0.1, 0.15) is 5.82 Å². The lowest BCUT2D eigenvalue weighted by atomic mass is 9.75. The molecule has 0 bridgehead atoms. The first-order valence-electron chi connectivity index (χ1n) is 6.11. The fourth-order valence-electron chi connectivity index (χ4n) is 3.09. The van der Waals surface area contributed by atoms with Crippen LogP contribution in [0.15, 0.2) is 18.3 Å². The number of rotatable bonds is 1. The van der Waals surface area contributed by atoms with E-state index in [4.69, 9.17) is 0 Å². The van der Waals surface area contributed by atoms with Gasteiger partial charge in [-0.3, -0.25) is 9.69 Å². The van der Waals surface area contributed by atoms with Gasteiger partial charge >= 0.3 is 0 Å². The molecule has 2 aliphatic rings. The van der Waals surface area contributed by atoms with Crippen LogP contribution in [0.25, 0.3) is 0 Å². The molecule has 0 radical (unpaired) electrons. The number of hydrogen-bond acceptors (Lipinski definition) is 3. The number of nitrogens with zero attached hydrogens (tertiary/aromatic N) is 3. The highest BCUT2D eigenvalue weighted by Gasteiger charge is 2.44. The van der Waals surface area contributed by atoms with Crippen molar-refractivity contribution in [3.63, 3.8) is 0 Å². The first-order chi connectivity index (χ1) is 8.25. The number of hydrogen-bond donors (Lipinski definition) is 0. The zero-order valence-corrected chi connectivity index (χ0v) is 10.1. The summed E-state index contributed by atoms with van der Waals surface area (Å²) < 4.78 is 0. The van der Waals surface area contributed by atoms with E-state index in [1.54, 1.807) is 11.1 Å². The van der Waals surface area contributed by atoms with Crippen LogP contribution in [0.2, 0.25) is 0 Å². The number of anilines is 1. The number of pyridine rings is 1. The summed E-state index contributed by atoms with van der Waals surface area (Å²) in [6, 6.07) is 4.12. The van der Waals surface area contributed by atoms with Crippen molar-refractivity contribution in [2.24, 2.45) is 0 Å². The fraction of sp³-hybridized carbons (Fsp3) is 0.538. The summed E-state index contributed by atoms with van der Waals surface area (Å²) in [6.07, 6.45) is 4.92. The zero-order chi connectivity index (χ0) is 11.9. The van der Waals surface area contributed by atoms with Crippen molar-refractivity contribution >= 4 is 12.2 Å². The molecule has 0 aliphatic carbocycles. The smallest absolute Gasteiger partial charge is 0.215 e. The molecule has 0 aromatic carbocycles. The van der Waals surface area contributed by atoms with Crippen LogP contribution in [-0.2, 0) is 10.2 Å². The molecule has 90 valence electrons. The highest BCUT2D eigenvalue weighted by molar-refractivity contribution is 5.79. The molecule has 0 saturated carbocycles. The number of amides is 1. The first-order valence-corrected chi connectivity index (χ1v) is 6.11. The van der Waals surface area contributed by atoms with E-state index in [-0.39, 0.29) is 5.41 Å². The molecule has 1 saturated heterocycles. The predicted octanol–water partition coefficient (Wildman–Crippen LogP) is 1.02. The number of aromatic nitrogens is 1. The number of carbonyl (C=O) groups excluding carboxylic acids is 1. The molecule has 0 unspecified atom stereocenters. The van der Waals surface area contributed by atoms with Gasteiger partial charge in [0.2, 0.25) is 6.41 Å². The van der Waals surface area contributed by atoms with Gasteiger partial charge in [-0.15, -0.1) is 0 Å². The van der Waals surface area contributed by atoms with Crippen LogP contribution in [0.4, 0.5) is 5.82 Å². The molecule has 3 heterocycles. The Bertz CT molecular complexity index is 438. The van der Waals surface area contributed by atoms with E-state index in [0.717, 1.165) is 44.7 Å². The number of piperidine rings is 1. The van der Waals surface area contributed by atoms with Crippen molar-refractivity contribution in [3.8, 4) is 0 Å². The van der Waals surface area contributed by atoms with Crippen LogP contribution >= 0.6 is 0 Å². The summed E-state index contributed by atoms with van der Waals surface area (Å²) in [5.74, 6) is 0.868. The van der Waals surface area contributed by atoms with Crippen LogP contribution in [0.5, 0.6) is 0 Å². The summed E-state index contributed by atoms with van der Waals surface area (Å²) in [4.78, 5) is 19.6. The van der Waals surface area contributed by atoms with Crippen LogP contribution in [0, 0.1) is 0 Å². The topological polar surface area (TPSA) is 36.4 Å². The fourth-order valence-corrected chi connectivity index (χ4v) is 3.09. The van der Waals surface area contributed by atoms with Gasteiger partial charge in [0.05, 0.1) is 0 Å². The maximum Gasteiger partial charge on any atom is 0.215 e. The number of likely N-dealkylation sites (tertiary alicyclic amines) is 1. The van der Waals surface area contributed by atoms with Gasteiger partial charge in [0, 0.05) is 23.7 Å². The van der Waals surface area contributed by atoms with Crippen molar-refractivity contribution in [1.29, 1.82) is 0 Å². The molecule has 1 amide bonds. The lowest BCUT2D eigenvalue weighted by Crippen LogP contribution is -2.43. The van der Waals surface area contributed by atoms with Crippen molar-refractivity contribution in [3.05, 3.63) is 23.9 Å². The van der Waals surface area contributed by atoms with Crippen LogP contribution in [0.3, 0.4) is 0 Å². The SMILES string of the molecule is CN1CCC2(CC1)CN(C=O)c1ncccc12. The first kappa shape index (κ1) is 10.7. The minimum Gasteiger partial charge on any atom is -0.306 e. The second-order valence-corrected chi connectivity index (χ2v) is 5.19. The van der Waals surface area contributed by atoms with Crippen molar-refractivity contribution in [2.75, 3.05) is 31.6 Å². The van der Waals surface area contributed by atoms with E-state index >= 15 is 0 Å². The molecule has 1 spiro atoms. The molecule has 4 nitrogen and oxygen atoms in total. The predicted molar refractivity (Wildman–Crippen MR) is 66.1 cm³/mol. The molecule has 0 N–H and O–H groups in total. The van der Waals surface area contributed by atoms with Gasteiger partial charge in [-0.2, -0.15) is 0 Å². The average molecular weight is 231 g/mol. The summed E-state index contributed by atoms with van der Waals surface area (Å²) in [7, 11) is 2.16. The monoisotopic (exact) mass is 231 g/mol. The van der Waals surface area contributed by atoms with E-state index in [2.05, 4.69) is 23.0 Å².